The number of aryl methyl sites for hydroxylation is 1. The third-order valence-electron chi connectivity index (χ3n) is 6.00. The highest BCUT2D eigenvalue weighted by atomic mass is 16.5. The summed E-state index contributed by atoms with van der Waals surface area (Å²) in [5.74, 6) is 1.07. The van der Waals surface area contributed by atoms with Gasteiger partial charge < -0.3 is 14.2 Å². The fourth-order valence-corrected chi connectivity index (χ4v) is 4.29. The summed E-state index contributed by atoms with van der Waals surface area (Å²) in [5, 5.41) is 1.28. The number of carbonyl (C=O) groups is 1. The number of aromatic nitrogens is 1. The van der Waals surface area contributed by atoms with Gasteiger partial charge >= 0.3 is 0 Å². The van der Waals surface area contributed by atoms with Crippen molar-refractivity contribution in [3.05, 3.63) is 29.5 Å². The number of benzene rings is 1. The van der Waals surface area contributed by atoms with Crippen molar-refractivity contribution in [2.45, 2.75) is 66.3 Å². The number of ether oxygens (including phenoxy) is 1. The summed E-state index contributed by atoms with van der Waals surface area (Å²) in [6.07, 6.45) is 5.46. The first-order valence-electron chi connectivity index (χ1n) is 10.4. The third-order valence-corrected chi connectivity index (χ3v) is 6.00. The Balaban J connectivity index is 2.03. The van der Waals surface area contributed by atoms with E-state index in [-0.39, 0.29) is 11.3 Å². The van der Waals surface area contributed by atoms with Gasteiger partial charge in [0.25, 0.3) is 0 Å². The first-order chi connectivity index (χ1) is 12.9. The molecule has 4 nitrogen and oxygen atoms in total. The van der Waals surface area contributed by atoms with Crippen LogP contribution in [0.1, 0.15) is 58.2 Å². The smallest absolute Gasteiger partial charge is 0.242 e. The lowest BCUT2D eigenvalue weighted by atomic mass is 9.76. The van der Waals surface area contributed by atoms with Crippen LogP contribution in [0.3, 0.4) is 0 Å². The molecule has 0 unspecified atom stereocenters. The molecule has 0 saturated heterocycles. The van der Waals surface area contributed by atoms with Crippen molar-refractivity contribution in [1.29, 1.82) is 0 Å². The van der Waals surface area contributed by atoms with Gasteiger partial charge in [0.15, 0.2) is 0 Å². The molecule has 1 aliphatic rings. The Labute approximate surface area is 163 Å². The summed E-state index contributed by atoms with van der Waals surface area (Å²) in [5.41, 5.74) is 4.18. The molecule has 0 aliphatic heterocycles. The van der Waals surface area contributed by atoms with Gasteiger partial charge in [0.05, 0.1) is 12.6 Å². The maximum absolute atomic E-state index is 13.1. The van der Waals surface area contributed by atoms with E-state index in [1.807, 2.05) is 11.0 Å². The molecule has 1 heterocycles. The Kier molecular flexibility index (Phi) is 5.83. The van der Waals surface area contributed by atoms with E-state index in [0.717, 1.165) is 50.0 Å². The van der Waals surface area contributed by atoms with Crippen molar-refractivity contribution in [2.75, 3.05) is 20.2 Å². The topological polar surface area (TPSA) is 34.5 Å². The van der Waals surface area contributed by atoms with Gasteiger partial charge in [0.1, 0.15) is 12.3 Å². The second-order valence-corrected chi connectivity index (χ2v) is 8.56. The monoisotopic (exact) mass is 370 g/mol. The predicted molar refractivity (Wildman–Crippen MR) is 111 cm³/mol. The van der Waals surface area contributed by atoms with Gasteiger partial charge in [-0.2, -0.15) is 0 Å². The number of fused-ring (bicyclic) bond motifs is 3. The van der Waals surface area contributed by atoms with E-state index >= 15 is 0 Å². The van der Waals surface area contributed by atoms with Crippen LogP contribution in [-0.2, 0) is 24.2 Å². The minimum atomic E-state index is 0.219. The van der Waals surface area contributed by atoms with Gasteiger partial charge in [-0.25, -0.2) is 0 Å². The largest absolute Gasteiger partial charge is 0.497 e. The Morgan fingerprint density at radius 1 is 1.30 bits per heavy atom. The van der Waals surface area contributed by atoms with Crippen LogP contribution in [-0.4, -0.2) is 35.6 Å². The molecule has 4 heteroatoms. The average molecular weight is 371 g/mol. The zero-order valence-corrected chi connectivity index (χ0v) is 17.6. The number of likely N-dealkylation sites (N-methyl/N-ethyl adjacent to an activating group) is 1. The van der Waals surface area contributed by atoms with E-state index < -0.39 is 0 Å². The lowest BCUT2D eigenvalue weighted by Crippen LogP contribution is -2.35. The van der Waals surface area contributed by atoms with Crippen LogP contribution in [0.4, 0.5) is 0 Å². The fourth-order valence-electron chi connectivity index (χ4n) is 4.29. The van der Waals surface area contributed by atoms with Crippen LogP contribution in [0.25, 0.3) is 10.9 Å². The number of unbranched alkanes of at least 4 members (excludes halogenated alkanes) is 1. The Morgan fingerprint density at radius 2 is 2.07 bits per heavy atom. The molecule has 3 rings (SSSR count). The first-order valence-corrected chi connectivity index (χ1v) is 10.4. The summed E-state index contributed by atoms with van der Waals surface area (Å²) >= 11 is 0. The molecule has 148 valence electrons. The van der Waals surface area contributed by atoms with Crippen molar-refractivity contribution in [3.8, 4) is 5.75 Å². The highest BCUT2D eigenvalue weighted by molar-refractivity contribution is 5.89. The average Bonchev–Trinajstić information content (AvgIpc) is 2.93. The van der Waals surface area contributed by atoms with E-state index in [1.54, 1.807) is 7.11 Å². The molecule has 1 aromatic carbocycles. The molecule has 0 radical (unpaired) electrons. The highest BCUT2D eigenvalue weighted by Crippen LogP contribution is 2.40. The number of rotatable bonds is 7. The molecule has 27 heavy (non-hydrogen) atoms. The fraction of sp³-hybridized carbons (Fsp3) is 0.609. The molecule has 0 saturated carbocycles. The van der Waals surface area contributed by atoms with Gasteiger partial charge in [-0.15, -0.1) is 0 Å². The number of nitrogens with zero attached hydrogens (tertiary/aromatic N) is 2. The number of carbonyl (C=O) groups excluding carboxylic acids is 1. The molecule has 0 atom stereocenters. The molecule has 1 aliphatic carbocycles. The first kappa shape index (κ1) is 19.8. The second-order valence-electron chi connectivity index (χ2n) is 8.56. The third kappa shape index (κ3) is 3.99. The van der Waals surface area contributed by atoms with Crippen LogP contribution in [0.2, 0.25) is 0 Å². The van der Waals surface area contributed by atoms with Crippen LogP contribution in [0.15, 0.2) is 18.2 Å². The molecular weight excluding hydrogens is 336 g/mol. The zero-order valence-electron chi connectivity index (χ0n) is 17.6. The van der Waals surface area contributed by atoms with E-state index in [9.17, 15) is 4.79 Å². The Bertz CT molecular complexity index is 819. The van der Waals surface area contributed by atoms with Crippen LogP contribution >= 0.6 is 0 Å². The van der Waals surface area contributed by atoms with Crippen LogP contribution < -0.4 is 4.74 Å². The number of hydrogen-bond donors (Lipinski definition) is 0. The van der Waals surface area contributed by atoms with Crippen LogP contribution in [0.5, 0.6) is 5.75 Å². The van der Waals surface area contributed by atoms with Crippen molar-refractivity contribution in [2.24, 2.45) is 5.41 Å². The minimum Gasteiger partial charge on any atom is -0.497 e. The lowest BCUT2D eigenvalue weighted by Gasteiger charge is -2.31. The van der Waals surface area contributed by atoms with E-state index in [2.05, 4.69) is 44.4 Å². The molecule has 0 spiro atoms. The van der Waals surface area contributed by atoms with Crippen molar-refractivity contribution >= 4 is 16.8 Å². The quantitative estimate of drug-likeness (QED) is 0.701. The van der Waals surface area contributed by atoms with Gasteiger partial charge in [0, 0.05) is 30.2 Å². The van der Waals surface area contributed by atoms with Crippen LogP contribution in [0, 0.1) is 5.41 Å². The molecule has 2 aromatic rings. The number of amides is 1. The summed E-state index contributed by atoms with van der Waals surface area (Å²) in [6.45, 7) is 11.0. The Morgan fingerprint density at radius 3 is 2.74 bits per heavy atom. The molecule has 1 aromatic heterocycles. The van der Waals surface area contributed by atoms with Crippen molar-refractivity contribution < 1.29 is 9.53 Å². The summed E-state index contributed by atoms with van der Waals surface area (Å²) in [4.78, 5) is 15.1. The van der Waals surface area contributed by atoms with Crippen molar-refractivity contribution in [3.63, 3.8) is 0 Å². The molecule has 0 fully saturated rings. The molecule has 0 N–H and O–H groups in total. The van der Waals surface area contributed by atoms with E-state index in [0.29, 0.717) is 6.54 Å². The lowest BCUT2D eigenvalue weighted by molar-refractivity contribution is -0.131. The van der Waals surface area contributed by atoms with Crippen molar-refractivity contribution in [1.82, 2.24) is 9.47 Å². The summed E-state index contributed by atoms with van der Waals surface area (Å²) < 4.78 is 7.74. The van der Waals surface area contributed by atoms with E-state index in [1.165, 1.54) is 23.1 Å². The van der Waals surface area contributed by atoms with Gasteiger partial charge in [-0.3, -0.25) is 4.79 Å². The van der Waals surface area contributed by atoms with E-state index in [4.69, 9.17) is 4.74 Å². The van der Waals surface area contributed by atoms with Gasteiger partial charge in [-0.1, -0.05) is 27.2 Å². The number of methoxy groups -OCH3 is 1. The maximum Gasteiger partial charge on any atom is 0.242 e. The highest BCUT2D eigenvalue weighted by Gasteiger charge is 2.31. The normalized spacial score (nSPS) is 15.6. The standard InChI is InChI=1S/C23H34N2O2/c1-6-8-13-24(7-2)22(26)16-25-20-14-17(27-5)9-10-18(20)19-11-12-23(3,4)15-21(19)25/h9-10,14H,6-8,11-13,15-16H2,1-5H3. The van der Waals surface area contributed by atoms with Gasteiger partial charge in [-0.05, 0) is 55.7 Å². The molecule has 0 bridgehead atoms. The predicted octanol–water partition coefficient (Wildman–Crippen LogP) is 4.81. The SMILES string of the molecule is CCCCN(CC)C(=O)Cn1c2c(c3ccc(OC)cc31)CCC(C)(C)C2. The maximum atomic E-state index is 13.1. The molecular formula is C23H34N2O2. The van der Waals surface area contributed by atoms with Gasteiger partial charge in [0.2, 0.25) is 5.91 Å². The zero-order chi connectivity index (χ0) is 19.6. The molecule has 1 amide bonds. The second kappa shape index (κ2) is 7.95. The minimum absolute atomic E-state index is 0.219. The summed E-state index contributed by atoms with van der Waals surface area (Å²) in [6, 6.07) is 6.30. The summed E-state index contributed by atoms with van der Waals surface area (Å²) in [7, 11) is 1.70. The Hall–Kier alpha value is -1.97. The number of hydrogen-bond acceptors (Lipinski definition) is 2.